The Morgan fingerprint density at radius 2 is 2.06 bits per heavy atom. The third-order valence-electron chi connectivity index (χ3n) is 2.33. The summed E-state index contributed by atoms with van der Waals surface area (Å²) in [5.74, 6) is 1.35. The topological polar surface area (TPSA) is 39.7 Å². The van der Waals surface area contributed by atoms with E-state index in [0.717, 1.165) is 17.7 Å². The Kier molecular flexibility index (Phi) is 3.88. The molecule has 0 saturated heterocycles. The van der Waals surface area contributed by atoms with Crippen LogP contribution in [0, 0.1) is 0 Å². The zero-order valence-electron chi connectivity index (χ0n) is 9.09. The van der Waals surface area contributed by atoms with Gasteiger partial charge in [-0.05, 0) is 6.07 Å². The molecule has 0 amide bonds. The van der Waals surface area contributed by atoms with Crippen molar-refractivity contribution in [2.45, 2.75) is 13.0 Å². The molecule has 0 radical (unpaired) electrons. The maximum atomic E-state index is 6.06. The predicted octanol–water partition coefficient (Wildman–Crippen LogP) is 2.15. The maximum Gasteiger partial charge on any atom is 0.180 e. The Morgan fingerprint density at radius 3 is 2.81 bits per heavy atom. The lowest BCUT2D eigenvalue weighted by Crippen LogP contribution is -2.12. The molecular weight excluding hydrogens is 230 g/mol. The second-order valence-electron chi connectivity index (χ2n) is 3.44. The number of ether oxygens (including phenoxy) is 2. The first-order chi connectivity index (χ1) is 7.83. The third kappa shape index (κ3) is 2.40. The van der Waals surface area contributed by atoms with Crippen molar-refractivity contribution in [2.24, 2.45) is 0 Å². The number of benzene rings is 1. The van der Waals surface area contributed by atoms with Gasteiger partial charge in [0.25, 0.3) is 0 Å². The second-order valence-corrected chi connectivity index (χ2v) is 3.85. The molecule has 0 aromatic heterocycles. The van der Waals surface area contributed by atoms with Crippen LogP contribution < -0.4 is 15.0 Å². The molecule has 2 rings (SSSR count). The number of nitrogens with one attached hydrogen (secondary N) is 1. The van der Waals surface area contributed by atoms with Crippen molar-refractivity contribution in [1.29, 1.82) is 0 Å². The van der Waals surface area contributed by atoms with E-state index >= 15 is 0 Å². The van der Waals surface area contributed by atoms with Crippen LogP contribution in [0.5, 0.6) is 11.5 Å². The van der Waals surface area contributed by atoms with E-state index in [0.29, 0.717) is 30.5 Å². The molecule has 0 saturated carbocycles. The van der Waals surface area contributed by atoms with Crippen LogP contribution in [0.4, 0.5) is 0 Å². The van der Waals surface area contributed by atoms with E-state index in [1.807, 2.05) is 12.1 Å². The van der Waals surface area contributed by atoms with Crippen LogP contribution in [0.2, 0.25) is 5.02 Å². The smallest absolute Gasteiger partial charge is 0.180 e. The number of hydroxylamine groups is 1. The zero-order chi connectivity index (χ0) is 11.4. The van der Waals surface area contributed by atoms with Gasteiger partial charge in [-0.15, -0.1) is 0 Å². The molecule has 0 unspecified atom stereocenters. The predicted molar refractivity (Wildman–Crippen MR) is 60.9 cm³/mol. The second kappa shape index (κ2) is 5.39. The fourth-order valence-corrected chi connectivity index (χ4v) is 1.77. The molecule has 1 aromatic carbocycles. The zero-order valence-corrected chi connectivity index (χ0v) is 9.84. The molecule has 1 aliphatic rings. The molecule has 0 aliphatic carbocycles. The number of rotatable bonds is 3. The van der Waals surface area contributed by atoms with Gasteiger partial charge in [0.1, 0.15) is 0 Å². The van der Waals surface area contributed by atoms with Crippen molar-refractivity contribution >= 4 is 11.6 Å². The van der Waals surface area contributed by atoms with Gasteiger partial charge < -0.3 is 14.3 Å². The van der Waals surface area contributed by atoms with Gasteiger partial charge in [0.15, 0.2) is 11.5 Å². The molecule has 88 valence electrons. The van der Waals surface area contributed by atoms with Crippen molar-refractivity contribution in [2.75, 3.05) is 20.3 Å². The van der Waals surface area contributed by atoms with E-state index in [9.17, 15) is 0 Å². The highest BCUT2D eigenvalue weighted by molar-refractivity contribution is 6.32. The van der Waals surface area contributed by atoms with Crippen LogP contribution in [0.25, 0.3) is 0 Å². The summed E-state index contributed by atoms with van der Waals surface area (Å²) in [6.07, 6.45) is 0.863. The minimum absolute atomic E-state index is 0.555. The van der Waals surface area contributed by atoms with Gasteiger partial charge in [-0.1, -0.05) is 17.7 Å². The van der Waals surface area contributed by atoms with E-state index in [2.05, 4.69) is 5.48 Å². The summed E-state index contributed by atoms with van der Waals surface area (Å²) in [7, 11) is 1.58. The molecule has 5 heteroatoms. The fraction of sp³-hybridized carbons (Fsp3) is 0.455. The van der Waals surface area contributed by atoms with Crippen LogP contribution in [0.3, 0.4) is 0 Å². The molecule has 1 heterocycles. The van der Waals surface area contributed by atoms with E-state index in [-0.39, 0.29) is 0 Å². The summed E-state index contributed by atoms with van der Waals surface area (Å²) >= 11 is 6.06. The Balaban J connectivity index is 2.31. The number of hydrogen-bond acceptors (Lipinski definition) is 4. The molecule has 16 heavy (non-hydrogen) atoms. The third-order valence-corrected chi connectivity index (χ3v) is 2.63. The van der Waals surface area contributed by atoms with Crippen LogP contribution in [-0.4, -0.2) is 20.3 Å². The standard InChI is InChI=1S/C11H14ClNO3/c1-14-13-7-8-3-4-9(12)11-10(8)15-5-2-6-16-11/h3-4,13H,2,5-7H2,1H3. The monoisotopic (exact) mass is 243 g/mol. The van der Waals surface area contributed by atoms with Gasteiger partial charge in [-0.3, -0.25) is 0 Å². The lowest BCUT2D eigenvalue weighted by atomic mass is 10.2. The van der Waals surface area contributed by atoms with E-state index in [1.165, 1.54) is 0 Å². The fourth-order valence-electron chi connectivity index (χ4n) is 1.57. The molecule has 0 spiro atoms. The van der Waals surface area contributed by atoms with E-state index in [1.54, 1.807) is 7.11 Å². The van der Waals surface area contributed by atoms with Gasteiger partial charge in [-0.25, -0.2) is 0 Å². The van der Waals surface area contributed by atoms with Crippen molar-refractivity contribution < 1.29 is 14.3 Å². The molecule has 1 N–H and O–H groups in total. The first-order valence-electron chi connectivity index (χ1n) is 5.15. The van der Waals surface area contributed by atoms with Crippen molar-refractivity contribution in [3.8, 4) is 11.5 Å². The molecule has 4 nitrogen and oxygen atoms in total. The Bertz CT molecular complexity index is 370. The number of fused-ring (bicyclic) bond motifs is 1. The summed E-state index contributed by atoms with van der Waals surface area (Å²) in [5.41, 5.74) is 3.75. The number of hydrogen-bond donors (Lipinski definition) is 1. The maximum absolute atomic E-state index is 6.06. The summed E-state index contributed by atoms with van der Waals surface area (Å²) in [6.45, 7) is 1.83. The molecule has 1 aromatic rings. The Morgan fingerprint density at radius 1 is 1.31 bits per heavy atom. The lowest BCUT2D eigenvalue weighted by molar-refractivity contribution is 0.0859. The number of halogens is 1. The highest BCUT2D eigenvalue weighted by Crippen LogP contribution is 2.39. The summed E-state index contributed by atoms with van der Waals surface area (Å²) in [4.78, 5) is 4.82. The van der Waals surface area contributed by atoms with Crippen molar-refractivity contribution in [3.05, 3.63) is 22.7 Å². The quantitative estimate of drug-likeness (QED) is 0.826. The SMILES string of the molecule is CONCc1ccc(Cl)c2c1OCCCO2. The average molecular weight is 244 g/mol. The van der Waals surface area contributed by atoms with E-state index in [4.69, 9.17) is 25.9 Å². The molecule has 1 aliphatic heterocycles. The van der Waals surface area contributed by atoms with Gasteiger partial charge in [0, 0.05) is 18.5 Å². The highest BCUT2D eigenvalue weighted by atomic mass is 35.5. The first-order valence-corrected chi connectivity index (χ1v) is 5.53. The normalized spacial score (nSPS) is 14.6. The molecule has 0 bridgehead atoms. The van der Waals surface area contributed by atoms with E-state index < -0.39 is 0 Å². The van der Waals surface area contributed by atoms with Gasteiger partial charge in [0.2, 0.25) is 0 Å². The van der Waals surface area contributed by atoms with Crippen molar-refractivity contribution in [1.82, 2.24) is 5.48 Å². The van der Waals surface area contributed by atoms with Crippen LogP contribution >= 0.6 is 11.6 Å². The van der Waals surface area contributed by atoms with Crippen LogP contribution in [-0.2, 0) is 11.4 Å². The highest BCUT2D eigenvalue weighted by Gasteiger charge is 2.17. The van der Waals surface area contributed by atoms with Gasteiger partial charge >= 0.3 is 0 Å². The van der Waals surface area contributed by atoms with Crippen molar-refractivity contribution in [3.63, 3.8) is 0 Å². The summed E-state index contributed by atoms with van der Waals surface area (Å²) in [5, 5.41) is 0.582. The minimum atomic E-state index is 0.555. The van der Waals surface area contributed by atoms with Crippen LogP contribution in [0.15, 0.2) is 12.1 Å². The minimum Gasteiger partial charge on any atom is -0.489 e. The lowest BCUT2D eigenvalue weighted by Gasteiger charge is -2.13. The first kappa shape index (κ1) is 11.5. The average Bonchev–Trinajstić information content (AvgIpc) is 2.54. The summed E-state index contributed by atoms with van der Waals surface area (Å²) < 4.78 is 11.2. The molecule has 0 atom stereocenters. The van der Waals surface area contributed by atoms with Gasteiger partial charge in [-0.2, -0.15) is 5.48 Å². The molecular formula is C11H14ClNO3. The largest absolute Gasteiger partial charge is 0.489 e. The Labute approximate surface area is 99.4 Å². The van der Waals surface area contributed by atoms with Gasteiger partial charge in [0.05, 0.1) is 25.3 Å². The molecule has 0 fully saturated rings. The Hall–Kier alpha value is -0.970. The summed E-state index contributed by atoms with van der Waals surface area (Å²) in [6, 6.07) is 3.71. The van der Waals surface area contributed by atoms with Crippen LogP contribution in [0.1, 0.15) is 12.0 Å².